The monoisotopic (exact) mass is 359 g/mol. The SMILES string of the molecule is O=C(O)CCCCNc1cccc2c1CN(C1CCC(=O)NC1=O)C2=O. The van der Waals surface area contributed by atoms with Gasteiger partial charge in [-0.3, -0.25) is 24.5 Å². The Morgan fingerprint density at radius 3 is 2.81 bits per heavy atom. The molecule has 3 amide bonds. The molecule has 3 N–H and O–H groups in total. The second-order valence-corrected chi connectivity index (χ2v) is 6.51. The van der Waals surface area contributed by atoms with E-state index in [2.05, 4.69) is 10.6 Å². The zero-order valence-electron chi connectivity index (χ0n) is 14.3. The van der Waals surface area contributed by atoms with E-state index in [-0.39, 0.29) is 24.7 Å². The number of nitrogens with zero attached hydrogens (tertiary/aromatic N) is 1. The maximum atomic E-state index is 12.7. The fourth-order valence-corrected chi connectivity index (χ4v) is 3.38. The lowest BCUT2D eigenvalue weighted by molar-refractivity contribution is -0.138. The number of carboxylic acids is 1. The van der Waals surface area contributed by atoms with Gasteiger partial charge >= 0.3 is 5.97 Å². The smallest absolute Gasteiger partial charge is 0.303 e. The number of aliphatic carboxylic acids is 1. The van der Waals surface area contributed by atoms with Crippen molar-refractivity contribution in [1.29, 1.82) is 0 Å². The molecular formula is C18H21N3O5. The normalized spacial score (nSPS) is 19.3. The van der Waals surface area contributed by atoms with Crippen molar-refractivity contribution >= 4 is 29.4 Å². The molecule has 2 aliphatic heterocycles. The van der Waals surface area contributed by atoms with Crippen LogP contribution in [0.15, 0.2) is 18.2 Å². The van der Waals surface area contributed by atoms with Gasteiger partial charge in [-0.15, -0.1) is 0 Å². The van der Waals surface area contributed by atoms with Gasteiger partial charge in [0.25, 0.3) is 5.91 Å². The third-order valence-corrected chi connectivity index (χ3v) is 4.71. The van der Waals surface area contributed by atoms with E-state index in [1.807, 2.05) is 6.07 Å². The lowest BCUT2D eigenvalue weighted by Crippen LogP contribution is -2.52. The molecule has 8 nitrogen and oxygen atoms in total. The summed E-state index contributed by atoms with van der Waals surface area (Å²) in [5.41, 5.74) is 2.21. The number of nitrogens with one attached hydrogen (secondary N) is 2. The van der Waals surface area contributed by atoms with Crippen molar-refractivity contribution in [3.8, 4) is 0 Å². The number of anilines is 1. The summed E-state index contributed by atoms with van der Waals surface area (Å²) in [6, 6.07) is 4.76. The highest BCUT2D eigenvalue weighted by atomic mass is 16.4. The number of imide groups is 1. The van der Waals surface area contributed by atoms with Gasteiger partial charge in [-0.05, 0) is 31.4 Å². The molecular weight excluding hydrogens is 338 g/mol. The second-order valence-electron chi connectivity index (χ2n) is 6.51. The molecule has 138 valence electrons. The number of fused-ring (bicyclic) bond motifs is 1. The van der Waals surface area contributed by atoms with Crippen LogP contribution in [0.3, 0.4) is 0 Å². The highest BCUT2D eigenvalue weighted by Gasteiger charge is 2.39. The minimum Gasteiger partial charge on any atom is -0.481 e. The van der Waals surface area contributed by atoms with E-state index in [9.17, 15) is 19.2 Å². The fourth-order valence-electron chi connectivity index (χ4n) is 3.38. The number of amides is 3. The van der Waals surface area contributed by atoms with Crippen molar-refractivity contribution in [3.05, 3.63) is 29.3 Å². The maximum Gasteiger partial charge on any atom is 0.303 e. The van der Waals surface area contributed by atoms with Crippen LogP contribution in [0.4, 0.5) is 5.69 Å². The molecule has 0 radical (unpaired) electrons. The molecule has 1 fully saturated rings. The summed E-state index contributed by atoms with van der Waals surface area (Å²) in [4.78, 5) is 48.2. The Balaban J connectivity index is 1.66. The first kappa shape index (κ1) is 17.9. The minimum atomic E-state index is -0.809. The summed E-state index contributed by atoms with van der Waals surface area (Å²) in [6.45, 7) is 0.926. The molecule has 2 heterocycles. The van der Waals surface area contributed by atoms with Gasteiger partial charge in [-0.2, -0.15) is 0 Å². The van der Waals surface area contributed by atoms with Gasteiger partial charge in [-0.25, -0.2) is 0 Å². The average Bonchev–Trinajstić information content (AvgIpc) is 2.92. The number of benzene rings is 1. The lowest BCUT2D eigenvalue weighted by atomic mass is 10.0. The van der Waals surface area contributed by atoms with E-state index in [1.54, 1.807) is 12.1 Å². The van der Waals surface area contributed by atoms with Gasteiger partial charge in [0.15, 0.2) is 0 Å². The summed E-state index contributed by atoms with van der Waals surface area (Å²) < 4.78 is 0. The number of carbonyl (C=O) groups is 4. The van der Waals surface area contributed by atoms with Crippen molar-refractivity contribution in [2.45, 2.75) is 44.7 Å². The number of carboxylic acid groups (broad SMARTS) is 1. The fraction of sp³-hybridized carbons (Fsp3) is 0.444. The van der Waals surface area contributed by atoms with Gasteiger partial charge in [-0.1, -0.05) is 6.07 Å². The summed E-state index contributed by atoms with van der Waals surface area (Å²) in [5, 5.41) is 14.2. The van der Waals surface area contributed by atoms with E-state index in [0.29, 0.717) is 37.9 Å². The summed E-state index contributed by atoms with van der Waals surface area (Å²) in [6.07, 6.45) is 1.99. The summed E-state index contributed by atoms with van der Waals surface area (Å²) >= 11 is 0. The minimum absolute atomic E-state index is 0.135. The van der Waals surface area contributed by atoms with Gasteiger partial charge in [0.1, 0.15) is 6.04 Å². The summed E-state index contributed by atoms with van der Waals surface area (Å²) in [5.74, 6) is -1.75. The first-order valence-electron chi connectivity index (χ1n) is 8.69. The zero-order valence-corrected chi connectivity index (χ0v) is 14.3. The van der Waals surface area contributed by atoms with E-state index in [4.69, 9.17) is 5.11 Å². The van der Waals surface area contributed by atoms with Crippen LogP contribution in [0.5, 0.6) is 0 Å². The zero-order chi connectivity index (χ0) is 18.7. The van der Waals surface area contributed by atoms with Gasteiger partial charge < -0.3 is 15.3 Å². The molecule has 0 bridgehead atoms. The van der Waals surface area contributed by atoms with Crippen molar-refractivity contribution < 1.29 is 24.3 Å². The third-order valence-electron chi connectivity index (χ3n) is 4.71. The highest BCUT2D eigenvalue weighted by Crippen LogP contribution is 2.32. The van der Waals surface area contributed by atoms with Gasteiger partial charge in [0.05, 0.1) is 0 Å². The number of carbonyl (C=O) groups excluding carboxylic acids is 3. The van der Waals surface area contributed by atoms with E-state index in [0.717, 1.165) is 11.3 Å². The third kappa shape index (κ3) is 3.68. The number of hydrogen-bond donors (Lipinski definition) is 3. The standard InChI is InChI=1S/C18H21N3O5/c22-15-8-7-14(17(25)20-15)21-10-12-11(18(21)26)4-3-5-13(12)19-9-2-1-6-16(23)24/h3-5,14,19H,1-2,6-10H2,(H,23,24)(H,20,22,25). The van der Waals surface area contributed by atoms with Crippen molar-refractivity contribution in [2.75, 3.05) is 11.9 Å². The number of rotatable bonds is 7. The van der Waals surface area contributed by atoms with Crippen molar-refractivity contribution in [2.24, 2.45) is 0 Å². The molecule has 1 atom stereocenters. The predicted molar refractivity (Wildman–Crippen MR) is 92.5 cm³/mol. The molecule has 1 aromatic carbocycles. The van der Waals surface area contributed by atoms with Crippen molar-refractivity contribution in [1.82, 2.24) is 10.2 Å². The summed E-state index contributed by atoms with van der Waals surface area (Å²) in [7, 11) is 0. The molecule has 3 rings (SSSR count). The van der Waals surface area contributed by atoms with Crippen LogP contribution < -0.4 is 10.6 Å². The largest absolute Gasteiger partial charge is 0.481 e. The number of hydrogen-bond acceptors (Lipinski definition) is 5. The van der Waals surface area contributed by atoms with E-state index >= 15 is 0 Å². The van der Waals surface area contributed by atoms with Crippen LogP contribution in [0, 0.1) is 0 Å². The van der Waals surface area contributed by atoms with Crippen LogP contribution in [0.2, 0.25) is 0 Å². The molecule has 0 saturated carbocycles. The van der Waals surface area contributed by atoms with E-state index < -0.39 is 17.9 Å². The molecule has 2 aliphatic rings. The second kappa shape index (κ2) is 7.55. The van der Waals surface area contributed by atoms with Crippen LogP contribution in [-0.2, 0) is 20.9 Å². The first-order valence-corrected chi connectivity index (χ1v) is 8.69. The maximum absolute atomic E-state index is 12.7. The average molecular weight is 359 g/mol. The molecule has 0 aliphatic carbocycles. The molecule has 26 heavy (non-hydrogen) atoms. The molecule has 0 spiro atoms. The molecule has 1 aromatic rings. The lowest BCUT2D eigenvalue weighted by Gasteiger charge is -2.29. The van der Waals surface area contributed by atoms with Crippen LogP contribution >= 0.6 is 0 Å². The predicted octanol–water partition coefficient (Wildman–Crippen LogP) is 1.11. The Morgan fingerprint density at radius 2 is 2.08 bits per heavy atom. The van der Waals surface area contributed by atoms with Crippen LogP contribution in [0.25, 0.3) is 0 Å². The highest BCUT2D eigenvalue weighted by molar-refractivity contribution is 6.06. The first-order chi connectivity index (χ1) is 12.5. The Kier molecular flexibility index (Phi) is 5.20. The Labute approximate surface area is 150 Å². The Bertz CT molecular complexity index is 761. The van der Waals surface area contributed by atoms with Crippen molar-refractivity contribution in [3.63, 3.8) is 0 Å². The Morgan fingerprint density at radius 1 is 1.27 bits per heavy atom. The topological polar surface area (TPSA) is 116 Å². The van der Waals surface area contributed by atoms with E-state index in [1.165, 1.54) is 4.90 Å². The van der Waals surface area contributed by atoms with Crippen LogP contribution in [0.1, 0.15) is 48.0 Å². The van der Waals surface area contributed by atoms with Crippen LogP contribution in [-0.4, -0.2) is 46.3 Å². The van der Waals surface area contributed by atoms with Gasteiger partial charge in [0.2, 0.25) is 11.8 Å². The molecule has 1 unspecified atom stereocenters. The van der Waals surface area contributed by atoms with Gasteiger partial charge in [0, 0.05) is 42.7 Å². The Hall–Kier alpha value is -2.90. The quantitative estimate of drug-likeness (QED) is 0.496. The number of unbranched alkanes of at least 4 members (excludes halogenated alkanes) is 1. The molecule has 8 heteroatoms. The number of piperidine rings is 1. The molecule has 0 aromatic heterocycles. The molecule has 1 saturated heterocycles.